The van der Waals surface area contributed by atoms with Crippen molar-refractivity contribution in [2.24, 2.45) is 11.8 Å². The Bertz CT molecular complexity index is 1560. The molecule has 13 heteroatoms. The molecule has 8 saturated heterocycles. The molecule has 0 aliphatic carbocycles. The summed E-state index contributed by atoms with van der Waals surface area (Å²) < 4.78 is 67.7. The summed E-state index contributed by atoms with van der Waals surface area (Å²) in [6, 6.07) is 0. The number of ether oxygens (including phenoxy) is 10. The van der Waals surface area contributed by atoms with Gasteiger partial charge >= 0.3 is 5.97 Å². The Balaban J connectivity index is 0.00000169. The van der Waals surface area contributed by atoms with E-state index in [0.29, 0.717) is 38.0 Å². The second-order valence-corrected chi connectivity index (χ2v) is 20.2. The molecule has 0 aromatic carbocycles. The number of aliphatic hydroxyl groups excluding tert-OH is 1. The van der Waals surface area contributed by atoms with Crippen molar-refractivity contribution in [3.05, 3.63) is 38.2 Å². The maximum absolute atomic E-state index is 12.3. The van der Waals surface area contributed by atoms with E-state index >= 15 is 0 Å². The molecular weight excluding hydrogens is 857 g/mol. The van der Waals surface area contributed by atoms with E-state index in [0.717, 1.165) is 57.8 Å². The number of carbonyl (C=O) groups excluding carboxylic acids is 1. The van der Waals surface area contributed by atoms with Crippen molar-refractivity contribution in [1.82, 2.24) is 0 Å². The van der Waals surface area contributed by atoms with Crippen molar-refractivity contribution in [2.75, 3.05) is 0 Å². The van der Waals surface area contributed by atoms with Gasteiger partial charge in [0.05, 0.1) is 97.0 Å². The predicted molar refractivity (Wildman–Crippen MR) is 221 cm³/mol. The summed E-state index contributed by atoms with van der Waals surface area (Å²) in [5.41, 5.74) is -1.05. The van der Waals surface area contributed by atoms with Crippen LogP contribution in [0, 0.1) is 25.7 Å². The van der Waals surface area contributed by atoms with Crippen molar-refractivity contribution >= 4 is 5.97 Å². The zero-order valence-electron chi connectivity index (χ0n) is 37.2. The molecule has 10 aliphatic rings. The third kappa shape index (κ3) is 9.74. The Morgan fingerprint density at radius 1 is 0.623 bits per heavy atom. The van der Waals surface area contributed by atoms with E-state index in [4.69, 9.17) is 47.4 Å². The maximum Gasteiger partial charge on any atom is 0.308 e. The smallest absolute Gasteiger partial charge is 0.308 e. The Morgan fingerprint density at radius 2 is 1.31 bits per heavy atom. The van der Waals surface area contributed by atoms with Crippen molar-refractivity contribution in [2.45, 2.75) is 246 Å². The number of rotatable bonds is 0. The normalized spacial score (nSPS) is 54.1. The third-order valence-corrected chi connectivity index (χ3v) is 15.5. The topological polar surface area (TPSA) is 130 Å². The second kappa shape index (κ2) is 19.5. The number of esters is 1. The summed E-state index contributed by atoms with van der Waals surface area (Å²) in [6.45, 7) is 18.0. The molecule has 341 valence electrons. The quantitative estimate of drug-likeness (QED) is 0.162. The van der Waals surface area contributed by atoms with Gasteiger partial charge < -0.3 is 66.3 Å². The van der Waals surface area contributed by atoms with Crippen LogP contribution in [-0.2, 0) is 84.9 Å². The molecular formula is C48H72O12Y-2. The first-order valence-corrected chi connectivity index (χ1v) is 23.6. The minimum absolute atomic E-state index is 0. The molecule has 22 atom stereocenters. The van der Waals surface area contributed by atoms with E-state index in [1.165, 1.54) is 0 Å². The van der Waals surface area contributed by atoms with Crippen LogP contribution < -0.4 is 0 Å². The molecule has 0 aromatic rings. The zero-order valence-corrected chi connectivity index (χ0v) is 40.0. The Hall–Kier alpha value is -0.346. The number of fused-ring (bicyclic) bond motifs is 9. The number of carbonyl (C=O) groups is 1. The molecule has 10 unspecified atom stereocenters. The molecule has 12 nitrogen and oxygen atoms in total. The number of aliphatic hydroxyl groups is 1. The third-order valence-electron chi connectivity index (χ3n) is 15.5. The van der Waals surface area contributed by atoms with Crippen molar-refractivity contribution in [1.29, 1.82) is 0 Å². The summed E-state index contributed by atoms with van der Waals surface area (Å²) >= 11 is 0. The van der Waals surface area contributed by atoms with Gasteiger partial charge in [-0.2, -0.15) is 6.92 Å². The van der Waals surface area contributed by atoms with Crippen LogP contribution in [0.5, 0.6) is 0 Å². The Morgan fingerprint density at radius 3 is 2.13 bits per heavy atom. The first kappa shape index (κ1) is 47.2. The largest absolute Gasteiger partial charge is 0.459 e. The molecule has 1 N–H and O–H groups in total. The molecule has 0 aromatic heterocycles. The summed E-state index contributed by atoms with van der Waals surface area (Å²) in [7, 11) is 0. The molecule has 10 aliphatic heterocycles. The van der Waals surface area contributed by atoms with Crippen molar-refractivity contribution < 1.29 is 90.0 Å². The van der Waals surface area contributed by atoms with Gasteiger partial charge in [0.2, 0.25) is 0 Å². The van der Waals surface area contributed by atoms with Crippen LogP contribution >= 0.6 is 0 Å². The molecule has 10 heterocycles. The van der Waals surface area contributed by atoms with Gasteiger partial charge in [0.25, 0.3) is 0 Å². The fraction of sp³-hybridized carbons (Fsp3) is 0.854. The minimum atomic E-state index is -0.597. The molecule has 1 radical (unpaired) electrons. The molecule has 0 bridgehead atoms. The van der Waals surface area contributed by atoms with E-state index in [1.807, 2.05) is 0 Å². The van der Waals surface area contributed by atoms with Crippen molar-refractivity contribution in [3.63, 3.8) is 0 Å². The monoisotopic (exact) mass is 929 g/mol. The van der Waals surface area contributed by atoms with Crippen LogP contribution in [0.1, 0.15) is 125 Å². The van der Waals surface area contributed by atoms with Crippen LogP contribution in [0.4, 0.5) is 0 Å². The van der Waals surface area contributed by atoms with E-state index < -0.39 is 17.3 Å². The minimum Gasteiger partial charge on any atom is -0.459 e. The fourth-order valence-electron chi connectivity index (χ4n) is 12.7. The zero-order chi connectivity index (χ0) is 41.9. The number of hydrogen-bond acceptors (Lipinski definition) is 12. The second-order valence-electron chi connectivity index (χ2n) is 20.2. The summed E-state index contributed by atoms with van der Waals surface area (Å²) in [5, 5.41) is 10.9. The molecule has 61 heavy (non-hydrogen) atoms. The summed E-state index contributed by atoms with van der Waals surface area (Å²) in [4.78, 5) is 12.3. The van der Waals surface area contributed by atoms with Crippen LogP contribution in [-0.4, -0.2) is 132 Å². The van der Waals surface area contributed by atoms with E-state index in [2.05, 4.69) is 65.8 Å². The van der Waals surface area contributed by atoms with Crippen molar-refractivity contribution in [3.8, 4) is 0 Å². The predicted octanol–water partition coefficient (Wildman–Crippen LogP) is 6.48. The van der Waals surface area contributed by atoms with Gasteiger partial charge in [-0.1, -0.05) is 44.3 Å². The number of hydrogen-bond donors (Lipinski definition) is 1. The Labute approximate surface area is 389 Å². The van der Waals surface area contributed by atoms with Gasteiger partial charge in [-0.15, -0.1) is 0 Å². The van der Waals surface area contributed by atoms with Crippen LogP contribution in [0.2, 0.25) is 0 Å². The standard InChI is InChI=1S/C46H67O12.C2H5.Y/c1-24-16-33-36(21-42(48)54-33)53-41-20-35-37(58-45(41,4)22-24)17-25(2)43-32(51-35)11-7-6-10-28-29(55-43)12-8-14-31-30(50-28)13-9-15-40-46(5,57-31)23-39-34(52-40)19-38-44(56-39)27(47)18-26(3)49-38;1-2;/h6-8,14,24-41,43-44,47H,3,9-13,15-23H2,1-2,4-5H3;1H2,2H3;/q2*-1;/b7-6-,14-8-;;/t24-,25+,26-,27+,28?,29+,30?,31-,32?,33?,34?,35?,36?,37+,38?,39-,40?,41?,43-,44+,45-,46+;;/m1../s1. The summed E-state index contributed by atoms with van der Waals surface area (Å²) in [5.74, 6) is 0.367. The van der Waals surface area contributed by atoms with Gasteiger partial charge in [-0.3, -0.25) is 4.79 Å². The fourth-order valence-corrected chi connectivity index (χ4v) is 12.7. The van der Waals surface area contributed by atoms with Gasteiger partial charge in [0, 0.05) is 52.0 Å². The molecule has 8 fully saturated rings. The molecule has 10 rings (SSSR count). The van der Waals surface area contributed by atoms with Gasteiger partial charge in [-0.25, -0.2) is 0 Å². The van der Waals surface area contributed by atoms with Crippen LogP contribution in [0.3, 0.4) is 0 Å². The average Bonchev–Trinajstić information content (AvgIpc) is 3.50. The average molecular weight is 930 g/mol. The summed E-state index contributed by atoms with van der Waals surface area (Å²) in [6.07, 6.45) is 15.7. The maximum atomic E-state index is 12.3. The van der Waals surface area contributed by atoms with Gasteiger partial charge in [0.1, 0.15) is 24.4 Å². The van der Waals surface area contributed by atoms with Crippen LogP contribution in [0.15, 0.2) is 24.3 Å². The molecule has 0 saturated carbocycles. The van der Waals surface area contributed by atoms with E-state index in [1.54, 1.807) is 6.92 Å². The van der Waals surface area contributed by atoms with Gasteiger partial charge in [-0.05, 0) is 89.9 Å². The van der Waals surface area contributed by atoms with Gasteiger partial charge in [0.15, 0.2) is 0 Å². The van der Waals surface area contributed by atoms with E-state index in [9.17, 15) is 9.90 Å². The van der Waals surface area contributed by atoms with E-state index in [-0.39, 0.29) is 148 Å². The molecule has 0 spiro atoms. The first-order chi connectivity index (χ1) is 28.9. The SMILES string of the molecule is [CH2-]C.[CH2-][C@@H]1C[C@H](O)[C@@H]2O[C@@H]3C[C@]4(C)O[C@@H]5/C=C\C[C@@H]6O[C@H]7C(C/C=C\CC6OC5CCCC4OC3CC2O1)OC1CC2OC3CC(=O)OC3C[C@@H](C)C[C@@]2(C)O[C@H]1C[C@@H]7C.[Y]. The Kier molecular flexibility index (Phi) is 15.1. The first-order valence-electron chi connectivity index (χ1n) is 23.6. The van der Waals surface area contributed by atoms with Crippen LogP contribution in [0.25, 0.3) is 0 Å². The molecule has 0 amide bonds.